The van der Waals surface area contributed by atoms with Crippen LogP contribution in [0.4, 0.5) is 5.82 Å². The summed E-state index contributed by atoms with van der Waals surface area (Å²) in [6.07, 6.45) is 8.26. The topological polar surface area (TPSA) is 42.7 Å². The van der Waals surface area contributed by atoms with Crippen LogP contribution in [-0.2, 0) is 0 Å². The number of imidazole rings is 1. The van der Waals surface area contributed by atoms with Gasteiger partial charge < -0.3 is 14.0 Å². The first-order valence-electron chi connectivity index (χ1n) is 9.18. The van der Waals surface area contributed by atoms with Crippen LogP contribution in [0.3, 0.4) is 0 Å². The van der Waals surface area contributed by atoms with E-state index in [-0.39, 0.29) is 0 Å². The van der Waals surface area contributed by atoms with Gasteiger partial charge in [0, 0.05) is 37.2 Å². The summed E-state index contributed by atoms with van der Waals surface area (Å²) in [5.74, 6) is 2.57. The Hall–Kier alpha value is -3.34. The number of ether oxygens (including phenoxy) is 1. The number of anilines is 1. The molecule has 134 valence electrons. The molecule has 5 rings (SSSR count). The van der Waals surface area contributed by atoms with Gasteiger partial charge in [-0.05, 0) is 49.2 Å². The lowest BCUT2D eigenvalue weighted by molar-refractivity contribution is 0.483. The molecule has 0 saturated heterocycles. The van der Waals surface area contributed by atoms with Gasteiger partial charge in [0.2, 0.25) is 0 Å². The molecule has 4 aromatic rings. The monoisotopic (exact) mass is 356 g/mol. The van der Waals surface area contributed by atoms with E-state index >= 15 is 0 Å². The summed E-state index contributed by atoms with van der Waals surface area (Å²) >= 11 is 0. The number of hydrogen-bond acceptors (Lipinski definition) is 4. The van der Waals surface area contributed by atoms with E-state index < -0.39 is 0 Å². The number of benzene rings is 2. The van der Waals surface area contributed by atoms with Crippen molar-refractivity contribution in [1.29, 1.82) is 0 Å². The molecule has 1 aliphatic carbocycles. The molecule has 1 saturated carbocycles. The van der Waals surface area contributed by atoms with Crippen molar-refractivity contribution in [2.45, 2.75) is 18.9 Å². The average Bonchev–Trinajstić information content (AvgIpc) is 3.45. The van der Waals surface area contributed by atoms with E-state index in [1.54, 1.807) is 0 Å². The summed E-state index contributed by atoms with van der Waals surface area (Å²) in [6.45, 7) is 0. The van der Waals surface area contributed by atoms with Crippen molar-refractivity contribution in [3.8, 4) is 22.8 Å². The highest BCUT2D eigenvalue weighted by atomic mass is 16.5. The Morgan fingerprint density at radius 2 is 1.74 bits per heavy atom. The first-order valence-corrected chi connectivity index (χ1v) is 9.18. The van der Waals surface area contributed by atoms with Crippen molar-refractivity contribution in [1.82, 2.24) is 14.4 Å². The Labute approximate surface area is 157 Å². The number of aromatic nitrogens is 3. The number of nitrogens with zero attached hydrogens (tertiary/aromatic N) is 4. The molecule has 2 aromatic heterocycles. The Morgan fingerprint density at radius 3 is 2.48 bits per heavy atom. The Morgan fingerprint density at radius 1 is 1.00 bits per heavy atom. The second-order valence-electron chi connectivity index (χ2n) is 6.89. The molecule has 0 N–H and O–H groups in total. The Bertz CT molecular complexity index is 1070. The van der Waals surface area contributed by atoms with Gasteiger partial charge in [0.05, 0.1) is 5.69 Å². The first-order chi connectivity index (χ1) is 13.3. The standard InChI is InChI=1S/C22H20N4O/c1-25(17-9-10-17)22-21-23-13-14-26(21)15-20(24-22)16-7-11-19(12-8-16)27-18-5-3-2-4-6-18/h2-8,11-15,17H,9-10H2,1H3. The van der Waals surface area contributed by atoms with Crippen molar-refractivity contribution >= 4 is 11.5 Å². The third-order valence-corrected chi connectivity index (χ3v) is 4.91. The third-order valence-electron chi connectivity index (χ3n) is 4.91. The molecule has 2 heterocycles. The lowest BCUT2D eigenvalue weighted by atomic mass is 10.1. The van der Waals surface area contributed by atoms with Crippen LogP contribution in [0.1, 0.15) is 12.8 Å². The van der Waals surface area contributed by atoms with E-state index in [4.69, 9.17) is 9.72 Å². The molecule has 5 nitrogen and oxygen atoms in total. The molecule has 0 unspecified atom stereocenters. The minimum atomic E-state index is 0.579. The number of hydrogen-bond donors (Lipinski definition) is 0. The van der Waals surface area contributed by atoms with E-state index in [1.807, 2.05) is 77.6 Å². The van der Waals surface area contributed by atoms with E-state index in [2.05, 4.69) is 16.9 Å². The molecule has 0 amide bonds. The molecular formula is C22H20N4O. The Kier molecular flexibility index (Phi) is 3.78. The van der Waals surface area contributed by atoms with Crippen LogP contribution in [0.5, 0.6) is 11.5 Å². The zero-order chi connectivity index (χ0) is 18.2. The number of rotatable bonds is 5. The fourth-order valence-corrected chi connectivity index (χ4v) is 3.24. The van der Waals surface area contributed by atoms with E-state index in [1.165, 1.54) is 12.8 Å². The van der Waals surface area contributed by atoms with E-state index in [0.29, 0.717) is 6.04 Å². The Balaban J connectivity index is 1.48. The van der Waals surface area contributed by atoms with Crippen LogP contribution in [0, 0.1) is 0 Å². The fourth-order valence-electron chi connectivity index (χ4n) is 3.24. The summed E-state index contributed by atoms with van der Waals surface area (Å²) in [4.78, 5) is 11.7. The molecule has 5 heteroatoms. The summed E-state index contributed by atoms with van der Waals surface area (Å²) in [5, 5.41) is 0. The van der Waals surface area contributed by atoms with Crippen LogP contribution >= 0.6 is 0 Å². The quantitative estimate of drug-likeness (QED) is 0.516. The molecule has 1 aliphatic rings. The van der Waals surface area contributed by atoms with Crippen LogP contribution in [0.2, 0.25) is 0 Å². The predicted octanol–water partition coefficient (Wildman–Crippen LogP) is 4.79. The molecule has 2 aromatic carbocycles. The number of fused-ring (bicyclic) bond motifs is 1. The second kappa shape index (κ2) is 6.43. The highest BCUT2D eigenvalue weighted by Crippen LogP contribution is 2.33. The van der Waals surface area contributed by atoms with Crippen molar-refractivity contribution in [2.75, 3.05) is 11.9 Å². The van der Waals surface area contributed by atoms with Gasteiger partial charge in [-0.1, -0.05) is 18.2 Å². The first kappa shape index (κ1) is 15.9. The lowest BCUT2D eigenvalue weighted by Crippen LogP contribution is -2.21. The van der Waals surface area contributed by atoms with Gasteiger partial charge in [-0.3, -0.25) is 0 Å². The summed E-state index contributed by atoms with van der Waals surface area (Å²) in [5.41, 5.74) is 2.88. The normalized spacial score (nSPS) is 13.7. The zero-order valence-corrected chi connectivity index (χ0v) is 15.1. The van der Waals surface area contributed by atoms with Crippen LogP contribution in [0.25, 0.3) is 16.9 Å². The van der Waals surface area contributed by atoms with Gasteiger partial charge in [0.15, 0.2) is 11.5 Å². The fraction of sp³-hybridized carbons (Fsp3) is 0.182. The van der Waals surface area contributed by atoms with Gasteiger partial charge in [0.1, 0.15) is 11.5 Å². The summed E-state index contributed by atoms with van der Waals surface area (Å²) < 4.78 is 7.93. The minimum Gasteiger partial charge on any atom is -0.457 e. The van der Waals surface area contributed by atoms with Gasteiger partial charge in [0.25, 0.3) is 0 Å². The predicted molar refractivity (Wildman–Crippen MR) is 106 cm³/mol. The molecule has 0 aliphatic heterocycles. The molecule has 0 bridgehead atoms. The van der Waals surface area contributed by atoms with Crippen LogP contribution in [0.15, 0.2) is 73.2 Å². The highest BCUT2D eigenvalue weighted by molar-refractivity contribution is 5.70. The lowest BCUT2D eigenvalue weighted by Gasteiger charge is -2.19. The molecular weight excluding hydrogens is 336 g/mol. The van der Waals surface area contributed by atoms with Crippen molar-refractivity contribution in [3.05, 3.63) is 73.2 Å². The SMILES string of the molecule is CN(c1nc(-c2ccc(Oc3ccccc3)cc2)cn2ccnc12)C1CC1. The summed E-state index contributed by atoms with van der Waals surface area (Å²) in [7, 11) is 2.11. The highest BCUT2D eigenvalue weighted by Gasteiger charge is 2.29. The van der Waals surface area contributed by atoms with Crippen molar-refractivity contribution in [3.63, 3.8) is 0 Å². The largest absolute Gasteiger partial charge is 0.457 e. The molecule has 0 radical (unpaired) electrons. The third kappa shape index (κ3) is 3.12. The smallest absolute Gasteiger partial charge is 0.180 e. The van der Waals surface area contributed by atoms with E-state index in [9.17, 15) is 0 Å². The molecule has 1 fully saturated rings. The van der Waals surface area contributed by atoms with Gasteiger partial charge >= 0.3 is 0 Å². The van der Waals surface area contributed by atoms with Crippen molar-refractivity contribution < 1.29 is 4.74 Å². The van der Waals surface area contributed by atoms with Gasteiger partial charge in [-0.2, -0.15) is 0 Å². The zero-order valence-electron chi connectivity index (χ0n) is 15.1. The van der Waals surface area contributed by atoms with E-state index in [0.717, 1.165) is 34.2 Å². The summed E-state index contributed by atoms with van der Waals surface area (Å²) in [6, 6.07) is 18.4. The minimum absolute atomic E-state index is 0.579. The van der Waals surface area contributed by atoms with Crippen LogP contribution < -0.4 is 9.64 Å². The molecule has 27 heavy (non-hydrogen) atoms. The molecule has 0 atom stereocenters. The average molecular weight is 356 g/mol. The maximum Gasteiger partial charge on any atom is 0.180 e. The van der Waals surface area contributed by atoms with Crippen molar-refractivity contribution in [2.24, 2.45) is 0 Å². The van der Waals surface area contributed by atoms with Gasteiger partial charge in [-0.25, -0.2) is 9.97 Å². The molecule has 0 spiro atoms. The maximum absolute atomic E-state index is 5.88. The number of para-hydroxylation sites is 1. The van der Waals surface area contributed by atoms with Crippen LogP contribution in [-0.4, -0.2) is 27.5 Å². The maximum atomic E-state index is 5.88. The second-order valence-corrected chi connectivity index (χ2v) is 6.89. The van der Waals surface area contributed by atoms with Gasteiger partial charge in [-0.15, -0.1) is 0 Å².